The molecule has 1 saturated carbocycles. The van der Waals surface area contributed by atoms with Gasteiger partial charge in [0.1, 0.15) is 17.1 Å². The first-order chi connectivity index (χ1) is 10.5. The van der Waals surface area contributed by atoms with Crippen LogP contribution in [0.4, 0.5) is 10.1 Å². The van der Waals surface area contributed by atoms with Gasteiger partial charge < -0.3 is 10.4 Å². The third-order valence-corrected chi connectivity index (χ3v) is 3.91. The molecule has 1 aliphatic rings. The van der Waals surface area contributed by atoms with Crippen molar-refractivity contribution in [3.63, 3.8) is 0 Å². The number of rotatable bonds is 3. The van der Waals surface area contributed by atoms with Crippen LogP contribution in [-0.4, -0.2) is 36.8 Å². The second-order valence-electron chi connectivity index (χ2n) is 5.50. The van der Waals surface area contributed by atoms with Gasteiger partial charge in [-0.3, -0.25) is 4.79 Å². The van der Waals surface area contributed by atoms with E-state index in [0.29, 0.717) is 24.4 Å². The number of carbonyl (C=O) groups excluding carboxylic acids is 1. The number of hydrogen-bond acceptors (Lipinski definition) is 5. The molecule has 0 spiro atoms. The van der Waals surface area contributed by atoms with Crippen LogP contribution in [-0.2, 0) is 4.79 Å². The van der Waals surface area contributed by atoms with E-state index < -0.39 is 17.3 Å². The average Bonchev–Trinajstić information content (AvgIpc) is 3.11. The number of carbonyl (C=O) groups is 1. The highest BCUT2D eigenvalue weighted by Crippen LogP contribution is 2.31. The Hall–Kier alpha value is -2.35. The maximum absolute atomic E-state index is 13.9. The summed E-state index contributed by atoms with van der Waals surface area (Å²) >= 11 is 0. The standard InChI is InChI=1S/C14H16FN5O2/c1-9-17-18-19-20(9)12-8-10(4-5-11(12)15)16-13(21)14(22)6-2-3-7-14/h4-5,8,22H,2-3,6-7H2,1H3,(H,16,21). The molecule has 22 heavy (non-hydrogen) atoms. The molecule has 0 bridgehead atoms. The summed E-state index contributed by atoms with van der Waals surface area (Å²) in [5.41, 5.74) is -0.811. The first kappa shape index (κ1) is 14.6. The largest absolute Gasteiger partial charge is 0.380 e. The number of nitrogens with one attached hydrogen (secondary N) is 1. The van der Waals surface area contributed by atoms with Gasteiger partial charge in [-0.25, -0.2) is 4.39 Å². The summed E-state index contributed by atoms with van der Waals surface area (Å²) in [5.74, 6) is -0.541. The molecule has 0 unspecified atom stereocenters. The molecule has 0 radical (unpaired) electrons. The molecular weight excluding hydrogens is 289 g/mol. The van der Waals surface area contributed by atoms with Crippen LogP contribution in [0, 0.1) is 12.7 Å². The molecular formula is C14H16FN5O2. The third-order valence-electron chi connectivity index (χ3n) is 3.91. The summed E-state index contributed by atoms with van der Waals surface area (Å²) in [6.45, 7) is 1.64. The Kier molecular flexibility index (Phi) is 3.61. The summed E-state index contributed by atoms with van der Waals surface area (Å²) < 4.78 is 15.2. The van der Waals surface area contributed by atoms with E-state index in [0.717, 1.165) is 12.8 Å². The van der Waals surface area contributed by atoms with E-state index in [9.17, 15) is 14.3 Å². The van der Waals surface area contributed by atoms with Gasteiger partial charge in [0.15, 0.2) is 5.82 Å². The Morgan fingerprint density at radius 2 is 2.14 bits per heavy atom. The maximum Gasteiger partial charge on any atom is 0.256 e. The number of halogens is 1. The number of amides is 1. The Morgan fingerprint density at radius 1 is 1.41 bits per heavy atom. The van der Waals surface area contributed by atoms with Crippen molar-refractivity contribution in [1.82, 2.24) is 20.2 Å². The van der Waals surface area contributed by atoms with Crippen LogP contribution < -0.4 is 5.32 Å². The smallest absolute Gasteiger partial charge is 0.256 e. The van der Waals surface area contributed by atoms with Gasteiger partial charge in [0.25, 0.3) is 5.91 Å². The lowest BCUT2D eigenvalue weighted by Gasteiger charge is -2.21. The molecule has 1 aromatic carbocycles. The zero-order chi connectivity index (χ0) is 15.7. The minimum atomic E-state index is -1.33. The van der Waals surface area contributed by atoms with Gasteiger partial charge in [-0.1, -0.05) is 0 Å². The Morgan fingerprint density at radius 3 is 2.77 bits per heavy atom. The number of nitrogens with zero attached hydrogens (tertiary/aromatic N) is 4. The van der Waals surface area contributed by atoms with Gasteiger partial charge in [-0.15, -0.1) is 5.10 Å². The molecule has 1 heterocycles. The fourth-order valence-electron chi connectivity index (χ4n) is 2.64. The van der Waals surface area contributed by atoms with Crippen LogP contribution in [0.2, 0.25) is 0 Å². The van der Waals surface area contributed by atoms with Crippen molar-refractivity contribution in [2.45, 2.75) is 38.2 Å². The molecule has 1 fully saturated rings. The van der Waals surface area contributed by atoms with Crippen molar-refractivity contribution in [2.24, 2.45) is 0 Å². The van der Waals surface area contributed by atoms with Crippen molar-refractivity contribution in [1.29, 1.82) is 0 Å². The molecule has 8 heteroatoms. The van der Waals surface area contributed by atoms with Gasteiger partial charge in [-0.2, -0.15) is 4.68 Å². The highest BCUT2D eigenvalue weighted by atomic mass is 19.1. The van der Waals surface area contributed by atoms with Crippen LogP contribution in [0.1, 0.15) is 31.5 Å². The van der Waals surface area contributed by atoms with Gasteiger partial charge in [0.2, 0.25) is 0 Å². The quantitative estimate of drug-likeness (QED) is 0.893. The lowest BCUT2D eigenvalue weighted by atomic mass is 10.0. The van der Waals surface area contributed by atoms with Crippen LogP contribution in [0.5, 0.6) is 0 Å². The van der Waals surface area contributed by atoms with E-state index in [4.69, 9.17) is 0 Å². The minimum Gasteiger partial charge on any atom is -0.380 e. The lowest BCUT2D eigenvalue weighted by Crippen LogP contribution is -2.40. The van der Waals surface area contributed by atoms with Gasteiger partial charge in [0, 0.05) is 5.69 Å². The van der Waals surface area contributed by atoms with Crippen molar-refractivity contribution >= 4 is 11.6 Å². The third kappa shape index (κ3) is 2.57. The number of aromatic nitrogens is 4. The molecule has 1 aromatic heterocycles. The van der Waals surface area contributed by atoms with Crippen LogP contribution in [0.25, 0.3) is 5.69 Å². The van der Waals surface area contributed by atoms with E-state index in [1.165, 1.54) is 22.9 Å². The Labute approximate surface area is 126 Å². The fourth-order valence-corrected chi connectivity index (χ4v) is 2.64. The first-order valence-corrected chi connectivity index (χ1v) is 7.08. The summed E-state index contributed by atoms with van der Waals surface area (Å²) in [5, 5.41) is 23.8. The van der Waals surface area contributed by atoms with E-state index >= 15 is 0 Å². The van der Waals surface area contributed by atoms with Crippen molar-refractivity contribution < 1.29 is 14.3 Å². The van der Waals surface area contributed by atoms with Gasteiger partial charge in [0.05, 0.1) is 0 Å². The van der Waals surface area contributed by atoms with E-state index in [2.05, 4.69) is 20.8 Å². The zero-order valence-electron chi connectivity index (χ0n) is 12.1. The van der Waals surface area contributed by atoms with Crippen molar-refractivity contribution in [2.75, 3.05) is 5.32 Å². The number of tetrazole rings is 1. The Bertz CT molecular complexity index is 709. The first-order valence-electron chi connectivity index (χ1n) is 7.08. The molecule has 0 aliphatic heterocycles. The van der Waals surface area contributed by atoms with Crippen LogP contribution >= 0.6 is 0 Å². The zero-order valence-corrected chi connectivity index (χ0v) is 12.1. The lowest BCUT2D eigenvalue weighted by molar-refractivity contribution is -0.133. The van der Waals surface area contributed by atoms with Gasteiger partial charge in [-0.05, 0) is 61.2 Å². The molecule has 2 N–H and O–H groups in total. The van der Waals surface area contributed by atoms with Crippen LogP contribution in [0.15, 0.2) is 18.2 Å². The van der Waals surface area contributed by atoms with Gasteiger partial charge >= 0.3 is 0 Å². The normalized spacial score (nSPS) is 16.7. The number of anilines is 1. The topological polar surface area (TPSA) is 92.9 Å². The van der Waals surface area contributed by atoms with Crippen LogP contribution in [0.3, 0.4) is 0 Å². The van der Waals surface area contributed by atoms with E-state index in [-0.39, 0.29) is 5.69 Å². The summed E-state index contributed by atoms with van der Waals surface area (Å²) in [7, 11) is 0. The SMILES string of the molecule is Cc1nnnn1-c1cc(NC(=O)C2(O)CCCC2)ccc1F. The molecule has 0 atom stereocenters. The minimum absolute atomic E-state index is 0.138. The summed E-state index contributed by atoms with van der Waals surface area (Å²) in [4.78, 5) is 12.2. The molecule has 3 rings (SSSR count). The second kappa shape index (κ2) is 5.45. The number of benzene rings is 1. The summed E-state index contributed by atoms with van der Waals surface area (Å²) in [6, 6.07) is 4.11. The summed E-state index contributed by atoms with van der Waals surface area (Å²) in [6.07, 6.45) is 2.53. The number of aryl methyl sites for hydroxylation is 1. The Balaban J connectivity index is 1.87. The van der Waals surface area contributed by atoms with E-state index in [1.54, 1.807) is 6.92 Å². The number of aliphatic hydroxyl groups is 1. The molecule has 1 aliphatic carbocycles. The monoisotopic (exact) mass is 305 g/mol. The highest BCUT2D eigenvalue weighted by molar-refractivity contribution is 5.97. The predicted octanol–water partition coefficient (Wildman–Crippen LogP) is 1.35. The van der Waals surface area contributed by atoms with Crippen molar-refractivity contribution in [3.8, 4) is 5.69 Å². The molecule has 116 valence electrons. The van der Waals surface area contributed by atoms with E-state index in [1.807, 2.05) is 0 Å². The highest BCUT2D eigenvalue weighted by Gasteiger charge is 2.38. The second-order valence-corrected chi connectivity index (χ2v) is 5.50. The molecule has 2 aromatic rings. The fraction of sp³-hybridized carbons (Fsp3) is 0.429. The predicted molar refractivity (Wildman–Crippen MR) is 75.9 cm³/mol. The maximum atomic E-state index is 13.9. The molecule has 0 saturated heterocycles. The molecule has 1 amide bonds. The number of hydrogen-bond donors (Lipinski definition) is 2. The van der Waals surface area contributed by atoms with Crippen molar-refractivity contribution in [3.05, 3.63) is 29.8 Å². The molecule has 7 nitrogen and oxygen atoms in total. The average molecular weight is 305 g/mol.